The van der Waals surface area contributed by atoms with E-state index in [0.29, 0.717) is 0 Å². The fourth-order valence-corrected chi connectivity index (χ4v) is 3.29. The molecular weight excluding hydrogens is 246 g/mol. The fraction of sp³-hybridized carbons (Fsp3) is 0.529. The van der Waals surface area contributed by atoms with Crippen LogP contribution in [-0.4, -0.2) is 49.6 Å². The third kappa shape index (κ3) is 2.89. The van der Waals surface area contributed by atoms with Gasteiger partial charge in [0, 0.05) is 51.5 Å². The highest BCUT2D eigenvalue weighted by Crippen LogP contribution is 2.27. The second kappa shape index (κ2) is 5.58. The van der Waals surface area contributed by atoms with Crippen LogP contribution in [0.2, 0.25) is 0 Å². The predicted molar refractivity (Wildman–Crippen MR) is 85.1 cm³/mol. The highest BCUT2D eigenvalue weighted by atomic mass is 15.3. The minimum Gasteiger partial charge on any atom is -0.369 e. The van der Waals surface area contributed by atoms with Gasteiger partial charge in [-0.05, 0) is 37.2 Å². The molecule has 0 bridgehead atoms. The molecule has 0 spiro atoms. The van der Waals surface area contributed by atoms with Crippen LogP contribution in [0.3, 0.4) is 0 Å². The lowest BCUT2D eigenvalue weighted by atomic mass is 10.1. The standard InChI is InChI=1S/C17H25N3/c1-14(2)11-19-6-8-20(9-7-19)17-5-4-15-12-18(3)13-16(15)10-17/h4-5,10H,1,6-9,11-13H2,2-3H3. The van der Waals surface area contributed by atoms with Crippen molar-refractivity contribution in [3.63, 3.8) is 0 Å². The molecule has 108 valence electrons. The van der Waals surface area contributed by atoms with Crippen molar-refractivity contribution in [3.05, 3.63) is 41.5 Å². The lowest BCUT2D eigenvalue weighted by Crippen LogP contribution is -2.46. The summed E-state index contributed by atoms with van der Waals surface area (Å²) in [5.74, 6) is 0. The van der Waals surface area contributed by atoms with Crippen LogP contribution in [0, 0.1) is 0 Å². The molecule has 2 heterocycles. The first-order chi connectivity index (χ1) is 9.61. The lowest BCUT2D eigenvalue weighted by molar-refractivity contribution is 0.278. The summed E-state index contributed by atoms with van der Waals surface area (Å²) >= 11 is 0. The monoisotopic (exact) mass is 271 g/mol. The van der Waals surface area contributed by atoms with Crippen LogP contribution in [0.15, 0.2) is 30.4 Å². The Kier molecular flexibility index (Phi) is 3.81. The SMILES string of the molecule is C=C(C)CN1CCN(c2ccc3c(c2)CN(C)C3)CC1. The second-order valence-corrected chi connectivity index (χ2v) is 6.35. The van der Waals surface area contributed by atoms with E-state index >= 15 is 0 Å². The van der Waals surface area contributed by atoms with Crippen LogP contribution in [0.5, 0.6) is 0 Å². The van der Waals surface area contributed by atoms with E-state index in [2.05, 4.69) is 53.4 Å². The molecule has 20 heavy (non-hydrogen) atoms. The van der Waals surface area contributed by atoms with Gasteiger partial charge in [-0.2, -0.15) is 0 Å². The highest BCUT2D eigenvalue weighted by molar-refractivity contribution is 5.52. The summed E-state index contributed by atoms with van der Waals surface area (Å²) in [5.41, 5.74) is 5.67. The van der Waals surface area contributed by atoms with Crippen molar-refractivity contribution >= 4 is 5.69 Å². The van der Waals surface area contributed by atoms with Crippen LogP contribution >= 0.6 is 0 Å². The predicted octanol–water partition coefficient (Wildman–Crippen LogP) is 2.33. The number of hydrogen-bond acceptors (Lipinski definition) is 3. The molecule has 0 aliphatic carbocycles. The number of piperazine rings is 1. The summed E-state index contributed by atoms with van der Waals surface area (Å²) in [6.45, 7) is 13.9. The van der Waals surface area contributed by atoms with E-state index in [9.17, 15) is 0 Å². The minimum absolute atomic E-state index is 1.04. The number of fused-ring (bicyclic) bond motifs is 1. The first-order valence-electron chi connectivity index (χ1n) is 7.54. The summed E-state index contributed by atoms with van der Waals surface area (Å²) in [6, 6.07) is 7.01. The maximum atomic E-state index is 4.01. The van der Waals surface area contributed by atoms with Gasteiger partial charge in [-0.15, -0.1) is 0 Å². The number of hydrogen-bond donors (Lipinski definition) is 0. The van der Waals surface area contributed by atoms with E-state index in [1.165, 1.54) is 22.4 Å². The summed E-state index contributed by atoms with van der Waals surface area (Å²) < 4.78 is 0. The zero-order valence-corrected chi connectivity index (χ0v) is 12.7. The Labute approximate surface area is 122 Å². The molecule has 0 atom stereocenters. The zero-order chi connectivity index (χ0) is 14.1. The molecule has 0 amide bonds. The molecule has 3 heteroatoms. The molecule has 1 aromatic carbocycles. The van der Waals surface area contributed by atoms with Crippen LogP contribution in [0.4, 0.5) is 5.69 Å². The Balaban J connectivity index is 1.64. The molecule has 2 aliphatic rings. The maximum absolute atomic E-state index is 4.01. The van der Waals surface area contributed by atoms with Crippen molar-refractivity contribution < 1.29 is 0 Å². The molecule has 0 radical (unpaired) electrons. The summed E-state index contributed by atoms with van der Waals surface area (Å²) in [5, 5.41) is 0. The van der Waals surface area contributed by atoms with E-state index < -0.39 is 0 Å². The number of anilines is 1. The molecule has 0 N–H and O–H groups in total. The van der Waals surface area contributed by atoms with E-state index in [1.807, 2.05) is 0 Å². The highest BCUT2D eigenvalue weighted by Gasteiger charge is 2.20. The second-order valence-electron chi connectivity index (χ2n) is 6.35. The largest absolute Gasteiger partial charge is 0.369 e. The van der Waals surface area contributed by atoms with E-state index in [0.717, 1.165) is 45.8 Å². The van der Waals surface area contributed by atoms with Crippen molar-refractivity contribution in [2.45, 2.75) is 20.0 Å². The van der Waals surface area contributed by atoms with Crippen LogP contribution in [0.25, 0.3) is 0 Å². The number of nitrogens with zero attached hydrogens (tertiary/aromatic N) is 3. The normalized spacial score (nSPS) is 20.2. The van der Waals surface area contributed by atoms with Crippen molar-refractivity contribution in [2.24, 2.45) is 0 Å². The van der Waals surface area contributed by atoms with Gasteiger partial charge in [-0.1, -0.05) is 18.2 Å². The smallest absolute Gasteiger partial charge is 0.0370 e. The number of rotatable bonds is 3. The van der Waals surface area contributed by atoms with Gasteiger partial charge in [-0.3, -0.25) is 9.80 Å². The molecule has 1 saturated heterocycles. The van der Waals surface area contributed by atoms with Gasteiger partial charge in [0.25, 0.3) is 0 Å². The van der Waals surface area contributed by atoms with Gasteiger partial charge >= 0.3 is 0 Å². The summed E-state index contributed by atoms with van der Waals surface area (Å²) in [7, 11) is 2.19. The third-order valence-corrected chi connectivity index (χ3v) is 4.30. The van der Waals surface area contributed by atoms with Gasteiger partial charge in [0.15, 0.2) is 0 Å². The third-order valence-electron chi connectivity index (χ3n) is 4.30. The molecule has 2 aliphatic heterocycles. The summed E-state index contributed by atoms with van der Waals surface area (Å²) in [6.07, 6.45) is 0. The summed E-state index contributed by atoms with van der Waals surface area (Å²) in [4.78, 5) is 7.40. The molecule has 3 nitrogen and oxygen atoms in total. The van der Waals surface area contributed by atoms with Crippen molar-refractivity contribution in [1.82, 2.24) is 9.80 Å². The van der Waals surface area contributed by atoms with E-state index in [4.69, 9.17) is 0 Å². The van der Waals surface area contributed by atoms with E-state index in [-0.39, 0.29) is 0 Å². The van der Waals surface area contributed by atoms with Gasteiger partial charge < -0.3 is 4.90 Å². The zero-order valence-electron chi connectivity index (χ0n) is 12.7. The fourth-order valence-electron chi connectivity index (χ4n) is 3.29. The number of benzene rings is 1. The van der Waals surface area contributed by atoms with Gasteiger partial charge in [0.05, 0.1) is 0 Å². The minimum atomic E-state index is 1.04. The van der Waals surface area contributed by atoms with Gasteiger partial charge in [0.1, 0.15) is 0 Å². The molecular formula is C17H25N3. The first-order valence-corrected chi connectivity index (χ1v) is 7.54. The van der Waals surface area contributed by atoms with Crippen molar-refractivity contribution in [3.8, 4) is 0 Å². The molecule has 0 unspecified atom stereocenters. The molecule has 0 saturated carbocycles. The Morgan fingerprint density at radius 2 is 1.80 bits per heavy atom. The Morgan fingerprint density at radius 1 is 1.10 bits per heavy atom. The van der Waals surface area contributed by atoms with Crippen molar-refractivity contribution in [2.75, 3.05) is 44.7 Å². The van der Waals surface area contributed by atoms with Crippen LogP contribution < -0.4 is 4.90 Å². The lowest BCUT2D eigenvalue weighted by Gasteiger charge is -2.36. The average Bonchev–Trinajstić information content (AvgIpc) is 2.78. The molecule has 0 aromatic heterocycles. The van der Waals surface area contributed by atoms with Crippen molar-refractivity contribution in [1.29, 1.82) is 0 Å². The van der Waals surface area contributed by atoms with Crippen LogP contribution in [-0.2, 0) is 13.1 Å². The first kappa shape index (κ1) is 13.7. The van der Waals surface area contributed by atoms with E-state index in [1.54, 1.807) is 0 Å². The quantitative estimate of drug-likeness (QED) is 0.781. The molecule has 1 aromatic rings. The molecule has 3 rings (SSSR count). The Morgan fingerprint density at radius 3 is 2.50 bits per heavy atom. The maximum Gasteiger partial charge on any atom is 0.0370 e. The Hall–Kier alpha value is -1.32. The molecule has 1 fully saturated rings. The Bertz CT molecular complexity index is 501. The van der Waals surface area contributed by atoms with Crippen LogP contribution in [0.1, 0.15) is 18.1 Å². The topological polar surface area (TPSA) is 9.72 Å². The average molecular weight is 271 g/mol. The van der Waals surface area contributed by atoms with Gasteiger partial charge in [-0.25, -0.2) is 0 Å². The van der Waals surface area contributed by atoms with Gasteiger partial charge in [0.2, 0.25) is 0 Å².